The highest BCUT2D eigenvalue weighted by atomic mass is 16.7. The zero-order chi connectivity index (χ0) is 15.2. The second-order valence-corrected chi connectivity index (χ2v) is 5.14. The molecule has 110 valence electrons. The maximum absolute atomic E-state index is 11.5. The molecule has 0 amide bonds. The van der Waals surface area contributed by atoms with Crippen LogP contribution in [0.2, 0.25) is 0 Å². The maximum atomic E-state index is 11.5. The van der Waals surface area contributed by atoms with Crippen molar-refractivity contribution in [2.75, 3.05) is 13.9 Å². The number of phenolic OH excluding ortho intramolecular Hbond substituents is 1. The molecule has 0 atom stereocenters. The number of hydrogen-bond acceptors (Lipinski definition) is 5. The summed E-state index contributed by atoms with van der Waals surface area (Å²) in [5, 5.41) is 9.81. The highest BCUT2D eigenvalue weighted by molar-refractivity contribution is 5.87. The molecule has 1 aromatic carbocycles. The molecule has 0 bridgehead atoms. The summed E-state index contributed by atoms with van der Waals surface area (Å²) in [6.07, 6.45) is 2.76. The van der Waals surface area contributed by atoms with Crippen LogP contribution in [0.3, 0.4) is 0 Å². The lowest BCUT2D eigenvalue weighted by Gasteiger charge is -2.17. The Morgan fingerprint density at radius 3 is 2.60 bits per heavy atom. The summed E-state index contributed by atoms with van der Waals surface area (Å²) >= 11 is 0. The smallest absolute Gasteiger partial charge is 0.331 e. The van der Waals surface area contributed by atoms with Crippen molar-refractivity contribution in [3.8, 4) is 11.5 Å². The average molecular weight is 280 g/mol. The number of methoxy groups -OCH3 is 1. The number of phenols is 1. The topological polar surface area (TPSA) is 65.0 Å². The Morgan fingerprint density at radius 1 is 1.35 bits per heavy atom. The molecule has 0 saturated carbocycles. The van der Waals surface area contributed by atoms with Crippen LogP contribution in [0.15, 0.2) is 24.3 Å². The van der Waals surface area contributed by atoms with E-state index in [2.05, 4.69) is 0 Å². The van der Waals surface area contributed by atoms with Crippen LogP contribution in [0.25, 0.3) is 6.08 Å². The molecule has 0 spiro atoms. The molecule has 0 saturated heterocycles. The van der Waals surface area contributed by atoms with Gasteiger partial charge in [-0.1, -0.05) is 0 Å². The van der Waals surface area contributed by atoms with Crippen LogP contribution in [-0.4, -0.2) is 30.6 Å². The summed E-state index contributed by atoms with van der Waals surface area (Å²) < 4.78 is 15.1. The van der Waals surface area contributed by atoms with E-state index < -0.39 is 11.6 Å². The molecule has 0 aliphatic heterocycles. The minimum absolute atomic E-state index is 0.0124. The first kappa shape index (κ1) is 16.0. The fraction of sp³-hybridized carbons (Fsp3) is 0.400. The average Bonchev–Trinajstić information content (AvgIpc) is 2.33. The largest absolute Gasteiger partial charge is 0.507 e. The van der Waals surface area contributed by atoms with Gasteiger partial charge in [-0.2, -0.15) is 0 Å². The third kappa shape index (κ3) is 5.75. The van der Waals surface area contributed by atoms with Gasteiger partial charge < -0.3 is 19.3 Å². The fourth-order valence-corrected chi connectivity index (χ4v) is 1.37. The van der Waals surface area contributed by atoms with Gasteiger partial charge in [-0.15, -0.1) is 0 Å². The molecule has 0 aliphatic carbocycles. The third-order valence-electron chi connectivity index (χ3n) is 2.15. The number of aromatic hydroxyl groups is 1. The molecule has 0 heterocycles. The highest BCUT2D eigenvalue weighted by Crippen LogP contribution is 2.24. The third-order valence-corrected chi connectivity index (χ3v) is 2.15. The lowest BCUT2D eigenvalue weighted by atomic mass is 10.1. The van der Waals surface area contributed by atoms with Gasteiger partial charge in [0.25, 0.3) is 0 Å². The molecule has 0 unspecified atom stereocenters. The molecule has 0 fully saturated rings. The molecular formula is C15H20O5. The Balaban J connectivity index is 2.71. The highest BCUT2D eigenvalue weighted by Gasteiger charge is 2.14. The van der Waals surface area contributed by atoms with E-state index in [1.165, 1.54) is 25.3 Å². The predicted molar refractivity (Wildman–Crippen MR) is 75.5 cm³/mol. The monoisotopic (exact) mass is 280 g/mol. The molecule has 0 aromatic heterocycles. The number of esters is 1. The minimum Gasteiger partial charge on any atom is -0.507 e. The van der Waals surface area contributed by atoms with E-state index >= 15 is 0 Å². The Labute approximate surface area is 118 Å². The van der Waals surface area contributed by atoms with E-state index in [9.17, 15) is 9.90 Å². The van der Waals surface area contributed by atoms with E-state index in [1.807, 2.05) is 0 Å². The second kappa shape index (κ2) is 6.96. The number of hydrogen-bond donors (Lipinski definition) is 1. The first-order valence-electron chi connectivity index (χ1n) is 6.17. The maximum Gasteiger partial charge on any atom is 0.331 e. The molecule has 0 radical (unpaired) electrons. The van der Waals surface area contributed by atoms with Crippen LogP contribution in [-0.2, 0) is 14.3 Å². The van der Waals surface area contributed by atoms with Gasteiger partial charge in [0.05, 0.1) is 0 Å². The molecule has 1 aromatic rings. The first-order valence-corrected chi connectivity index (χ1v) is 6.17. The van der Waals surface area contributed by atoms with Crippen LogP contribution >= 0.6 is 0 Å². The summed E-state index contributed by atoms with van der Waals surface area (Å²) in [6.45, 7) is 5.47. The zero-order valence-corrected chi connectivity index (χ0v) is 12.2. The number of carbonyl (C=O) groups excluding carboxylic acids is 1. The van der Waals surface area contributed by atoms with Crippen molar-refractivity contribution >= 4 is 12.0 Å². The van der Waals surface area contributed by atoms with Gasteiger partial charge in [-0.3, -0.25) is 0 Å². The summed E-state index contributed by atoms with van der Waals surface area (Å²) in [5.41, 5.74) is -0.0398. The predicted octanol–water partition coefficient (Wildman–Crippen LogP) is 2.73. The van der Waals surface area contributed by atoms with Crippen molar-refractivity contribution in [2.24, 2.45) is 0 Å². The Kier molecular flexibility index (Phi) is 5.58. The van der Waals surface area contributed by atoms with Crippen molar-refractivity contribution in [1.29, 1.82) is 0 Å². The van der Waals surface area contributed by atoms with Gasteiger partial charge in [0, 0.05) is 24.8 Å². The number of rotatable bonds is 5. The van der Waals surface area contributed by atoms with Crippen molar-refractivity contribution in [3.05, 3.63) is 29.8 Å². The van der Waals surface area contributed by atoms with Crippen LogP contribution in [0.5, 0.6) is 11.5 Å². The summed E-state index contributed by atoms with van der Waals surface area (Å²) in [7, 11) is 1.51. The van der Waals surface area contributed by atoms with Crippen LogP contribution in [0, 0.1) is 0 Å². The van der Waals surface area contributed by atoms with E-state index in [0.29, 0.717) is 11.3 Å². The Bertz CT molecular complexity index is 486. The second-order valence-electron chi connectivity index (χ2n) is 5.14. The number of carbonyl (C=O) groups is 1. The molecule has 1 N–H and O–H groups in total. The van der Waals surface area contributed by atoms with Gasteiger partial charge in [-0.05, 0) is 39.0 Å². The van der Waals surface area contributed by atoms with Crippen molar-refractivity contribution < 1.29 is 24.1 Å². The first-order chi connectivity index (χ1) is 9.31. The summed E-state index contributed by atoms with van der Waals surface area (Å²) in [5.74, 6) is 0.0359. The van der Waals surface area contributed by atoms with Gasteiger partial charge >= 0.3 is 5.97 Å². The number of benzene rings is 1. The van der Waals surface area contributed by atoms with Crippen molar-refractivity contribution in [2.45, 2.75) is 26.4 Å². The van der Waals surface area contributed by atoms with Crippen molar-refractivity contribution in [3.63, 3.8) is 0 Å². The SMILES string of the molecule is COCOc1ccc(C=CC(=O)OC(C)(C)C)c(O)c1. The molecule has 1 rings (SSSR count). The van der Waals surface area contributed by atoms with Gasteiger partial charge in [0.2, 0.25) is 0 Å². The van der Waals surface area contributed by atoms with Crippen LogP contribution < -0.4 is 4.74 Å². The Hall–Kier alpha value is -2.01. The van der Waals surface area contributed by atoms with E-state index in [4.69, 9.17) is 14.2 Å². The Morgan fingerprint density at radius 2 is 2.05 bits per heavy atom. The van der Waals surface area contributed by atoms with Crippen LogP contribution in [0.1, 0.15) is 26.3 Å². The summed E-state index contributed by atoms with van der Waals surface area (Å²) in [4.78, 5) is 11.5. The summed E-state index contributed by atoms with van der Waals surface area (Å²) in [6, 6.07) is 4.77. The van der Waals surface area contributed by atoms with E-state index in [0.717, 1.165) is 0 Å². The molecule has 0 aliphatic rings. The zero-order valence-electron chi connectivity index (χ0n) is 12.2. The molecular weight excluding hydrogens is 260 g/mol. The quantitative estimate of drug-likeness (QED) is 0.510. The standard InChI is InChI=1S/C15H20O5/c1-15(2,3)20-14(17)8-6-11-5-7-12(9-13(11)16)19-10-18-4/h5-9,16H,10H2,1-4H3. The fourth-order valence-electron chi connectivity index (χ4n) is 1.37. The van der Waals surface area contributed by atoms with E-state index in [1.54, 1.807) is 32.9 Å². The van der Waals surface area contributed by atoms with Gasteiger partial charge in [0.1, 0.15) is 17.1 Å². The van der Waals surface area contributed by atoms with E-state index in [-0.39, 0.29) is 12.5 Å². The van der Waals surface area contributed by atoms with Crippen molar-refractivity contribution in [1.82, 2.24) is 0 Å². The van der Waals surface area contributed by atoms with Crippen LogP contribution in [0.4, 0.5) is 0 Å². The van der Waals surface area contributed by atoms with Gasteiger partial charge in [0.15, 0.2) is 6.79 Å². The normalized spacial score (nSPS) is 11.6. The van der Waals surface area contributed by atoms with Gasteiger partial charge in [-0.25, -0.2) is 4.79 Å². The molecule has 5 nitrogen and oxygen atoms in total. The molecule has 5 heteroatoms. The minimum atomic E-state index is -0.540. The lowest BCUT2D eigenvalue weighted by Crippen LogP contribution is -2.22. The lowest BCUT2D eigenvalue weighted by molar-refractivity contribution is -0.148. The number of ether oxygens (including phenoxy) is 3. The molecule has 20 heavy (non-hydrogen) atoms.